The van der Waals surface area contributed by atoms with Gasteiger partial charge in [-0.15, -0.1) is 0 Å². The second-order valence-corrected chi connectivity index (χ2v) is 6.55. The lowest BCUT2D eigenvalue weighted by atomic mass is 10.1. The van der Waals surface area contributed by atoms with Crippen molar-refractivity contribution >= 4 is 15.7 Å². The van der Waals surface area contributed by atoms with Crippen molar-refractivity contribution in [3.05, 3.63) is 72.1 Å². The number of allylic oxidation sites excluding steroid dienone is 2. The third-order valence-electron chi connectivity index (χ3n) is 3.14. The molecule has 0 atom stereocenters. The normalized spacial score (nSPS) is 11.7. The van der Waals surface area contributed by atoms with Crippen LogP contribution in [0.3, 0.4) is 0 Å². The maximum absolute atomic E-state index is 12.9. The SMILES string of the molecule is C/C=C/CCc1cccc(NS(=O)(=O)c2ccc(F)cc2)c1. The quantitative estimate of drug-likeness (QED) is 0.814. The van der Waals surface area contributed by atoms with Gasteiger partial charge in [0.15, 0.2) is 0 Å². The van der Waals surface area contributed by atoms with Crippen LogP contribution in [0.25, 0.3) is 0 Å². The number of aryl methyl sites for hydroxylation is 1. The lowest BCUT2D eigenvalue weighted by molar-refractivity contribution is 0.599. The molecule has 0 amide bonds. The first kappa shape index (κ1) is 16.2. The molecule has 116 valence electrons. The fraction of sp³-hybridized carbons (Fsp3) is 0.176. The highest BCUT2D eigenvalue weighted by Crippen LogP contribution is 2.18. The zero-order chi connectivity index (χ0) is 16.0. The second-order valence-electron chi connectivity index (χ2n) is 4.87. The number of anilines is 1. The van der Waals surface area contributed by atoms with Crippen LogP contribution in [-0.2, 0) is 16.4 Å². The fourth-order valence-corrected chi connectivity index (χ4v) is 3.08. The molecular formula is C17H18FNO2S. The molecule has 2 aromatic carbocycles. The summed E-state index contributed by atoms with van der Waals surface area (Å²) in [4.78, 5) is 0.0354. The van der Waals surface area contributed by atoms with Crippen molar-refractivity contribution in [1.29, 1.82) is 0 Å². The van der Waals surface area contributed by atoms with Crippen LogP contribution in [0, 0.1) is 5.82 Å². The summed E-state index contributed by atoms with van der Waals surface area (Å²) in [6.45, 7) is 1.97. The van der Waals surface area contributed by atoms with E-state index in [0.29, 0.717) is 5.69 Å². The van der Waals surface area contributed by atoms with Gasteiger partial charge in [-0.1, -0.05) is 24.3 Å². The molecule has 0 bridgehead atoms. The van der Waals surface area contributed by atoms with Crippen LogP contribution in [0.4, 0.5) is 10.1 Å². The average Bonchev–Trinajstić information content (AvgIpc) is 2.48. The number of hydrogen-bond acceptors (Lipinski definition) is 2. The number of nitrogens with one attached hydrogen (secondary N) is 1. The molecule has 0 spiro atoms. The van der Waals surface area contributed by atoms with Gasteiger partial charge in [-0.05, 0) is 61.7 Å². The minimum Gasteiger partial charge on any atom is -0.280 e. The molecule has 0 aliphatic carbocycles. The second kappa shape index (κ2) is 7.22. The van der Waals surface area contributed by atoms with E-state index in [1.165, 1.54) is 12.1 Å². The van der Waals surface area contributed by atoms with Crippen LogP contribution < -0.4 is 4.72 Å². The van der Waals surface area contributed by atoms with Crippen molar-refractivity contribution < 1.29 is 12.8 Å². The first-order valence-electron chi connectivity index (χ1n) is 7.00. The van der Waals surface area contributed by atoms with Gasteiger partial charge in [0.2, 0.25) is 0 Å². The third kappa shape index (κ3) is 4.43. The van der Waals surface area contributed by atoms with Crippen LogP contribution >= 0.6 is 0 Å². The predicted octanol–water partition coefficient (Wildman–Crippen LogP) is 4.14. The first-order valence-corrected chi connectivity index (χ1v) is 8.48. The van der Waals surface area contributed by atoms with E-state index in [2.05, 4.69) is 10.8 Å². The van der Waals surface area contributed by atoms with E-state index in [4.69, 9.17) is 0 Å². The lowest BCUT2D eigenvalue weighted by Crippen LogP contribution is -2.13. The van der Waals surface area contributed by atoms with Crippen molar-refractivity contribution in [1.82, 2.24) is 0 Å². The summed E-state index contributed by atoms with van der Waals surface area (Å²) in [6.07, 6.45) is 5.80. The first-order chi connectivity index (χ1) is 10.5. The topological polar surface area (TPSA) is 46.2 Å². The molecular weight excluding hydrogens is 301 g/mol. The highest BCUT2D eigenvalue weighted by molar-refractivity contribution is 7.92. The van der Waals surface area contributed by atoms with E-state index in [1.807, 2.05) is 31.2 Å². The number of sulfonamides is 1. The Labute approximate surface area is 130 Å². The van der Waals surface area contributed by atoms with Gasteiger partial charge >= 0.3 is 0 Å². The molecule has 0 aromatic heterocycles. The maximum Gasteiger partial charge on any atom is 0.261 e. The van der Waals surface area contributed by atoms with Gasteiger partial charge in [-0.3, -0.25) is 4.72 Å². The van der Waals surface area contributed by atoms with E-state index in [1.54, 1.807) is 6.07 Å². The molecule has 2 rings (SSSR count). The van der Waals surface area contributed by atoms with Gasteiger partial charge in [0.05, 0.1) is 4.90 Å². The molecule has 0 aliphatic heterocycles. The minimum absolute atomic E-state index is 0.0354. The highest BCUT2D eigenvalue weighted by atomic mass is 32.2. The number of rotatable bonds is 6. The van der Waals surface area contributed by atoms with E-state index in [-0.39, 0.29) is 4.90 Å². The Bertz CT molecular complexity index is 752. The summed E-state index contributed by atoms with van der Waals surface area (Å²) in [5.41, 5.74) is 1.56. The Morgan fingerprint density at radius 1 is 1.14 bits per heavy atom. The molecule has 0 unspecified atom stereocenters. The highest BCUT2D eigenvalue weighted by Gasteiger charge is 2.14. The molecule has 0 saturated carbocycles. The summed E-state index contributed by atoms with van der Waals surface area (Å²) < 4.78 is 39.9. The monoisotopic (exact) mass is 319 g/mol. The van der Waals surface area contributed by atoms with Crippen molar-refractivity contribution in [3.8, 4) is 0 Å². The largest absolute Gasteiger partial charge is 0.280 e. The minimum atomic E-state index is -3.70. The zero-order valence-corrected chi connectivity index (χ0v) is 13.1. The average molecular weight is 319 g/mol. The van der Waals surface area contributed by atoms with E-state index >= 15 is 0 Å². The molecule has 1 N–H and O–H groups in total. The van der Waals surface area contributed by atoms with Gasteiger partial charge < -0.3 is 0 Å². The standard InChI is InChI=1S/C17H18FNO2S/c1-2-3-4-6-14-7-5-8-16(13-14)19-22(20,21)17-11-9-15(18)10-12-17/h2-3,5,7-13,19H,4,6H2,1H3/b3-2+. The van der Waals surface area contributed by atoms with Crippen molar-refractivity contribution in [2.45, 2.75) is 24.7 Å². The van der Waals surface area contributed by atoms with Gasteiger partial charge in [-0.2, -0.15) is 0 Å². The Kier molecular flexibility index (Phi) is 5.33. The molecule has 0 radical (unpaired) electrons. The molecule has 0 saturated heterocycles. The molecule has 3 nitrogen and oxygen atoms in total. The summed E-state index contributed by atoms with van der Waals surface area (Å²) in [5.74, 6) is -0.468. The van der Waals surface area contributed by atoms with Crippen LogP contribution in [0.1, 0.15) is 18.9 Å². The summed E-state index contributed by atoms with van der Waals surface area (Å²) >= 11 is 0. The fourth-order valence-electron chi connectivity index (χ4n) is 2.03. The van der Waals surface area contributed by atoms with E-state index in [0.717, 1.165) is 30.5 Å². The molecule has 0 fully saturated rings. The summed E-state index contributed by atoms with van der Waals surface area (Å²) in [7, 11) is -3.70. The molecule has 22 heavy (non-hydrogen) atoms. The van der Waals surface area contributed by atoms with Crippen LogP contribution in [0.5, 0.6) is 0 Å². The predicted molar refractivity (Wildman–Crippen MR) is 86.8 cm³/mol. The van der Waals surface area contributed by atoms with Crippen LogP contribution in [0.2, 0.25) is 0 Å². The Hall–Kier alpha value is -2.14. The Balaban J connectivity index is 2.15. The summed E-state index contributed by atoms with van der Waals surface area (Å²) in [6, 6.07) is 12.0. The Morgan fingerprint density at radius 3 is 2.55 bits per heavy atom. The van der Waals surface area contributed by atoms with Crippen molar-refractivity contribution in [2.24, 2.45) is 0 Å². The zero-order valence-electron chi connectivity index (χ0n) is 12.3. The molecule has 0 heterocycles. The van der Waals surface area contributed by atoms with Crippen molar-refractivity contribution in [2.75, 3.05) is 4.72 Å². The van der Waals surface area contributed by atoms with Crippen molar-refractivity contribution in [3.63, 3.8) is 0 Å². The van der Waals surface area contributed by atoms with Crippen LogP contribution in [0.15, 0.2) is 65.6 Å². The van der Waals surface area contributed by atoms with Gasteiger partial charge in [-0.25, -0.2) is 12.8 Å². The van der Waals surface area contributed by atoms with E-state index < -0.39 is 15.8 Å². The molecule has 0 aliphatic rings. The van der Waals surface area contributed by atoms with E-state index in [9.17, 15) is 12.8 Å². The summed E-state index contributed by atoms with van der Waals surface area (Å²) in [5, 5.41) is 0. The Morgan fingerprint density at radius 2 is 1.86 bits per heavy atom. The van der Waals surface area contributed by atoms with Gasteiger partial charge in [0, 0.05) is 5.69 Å². The number of benzene rings is 2. The number of hydrogen-bond donors (Lipinski definition) is 1. The third-order valence-corrected chi connectivity index (χ3v) is 4.54. The lowest BCUT2D eigenvalue weighted by Gasteiger charge is -2.09. The smallest absolute Gasteiger partial charge is 0.261 e. The van der Waals surface area contributed by atoms with Crippen LogP contribution in [-0.4, -0.2) is 8.42 Å². The maximum atomic E-state index is 12.9. The molecule has 5 heteroatoms. The van der Waals surface area contributed by atoms with Gasteiger partial charge in [0.1, 0.15) is 5.82 Å². The molecule has 2 aromatic rings. The number of halogens is 1. The van der Waals surface area contributed by atoms with Gasteiger partial charge in [0.25, 0.3) is 10.0 Å².